The maximum absolute atomic E-state index is 13.5. The zero-order chi connectivity index (χ0) is 14.5. The van der Waals surface area contributed by atoms with Crippen molar-refractivity contribution in [3.05, 3.63) is 52.3 Å². The number of rotatable bonds is 6. The second kappa shape index (κ2) is 6.99. The highest BCUT2D eigenvalue weighted by atomic mass is 79.9. The normalized spacial score (nSPS) is 12.6. The smallest absolute Gasteiger partial charge is 0.124 e. The van der Waals surface area contributed by atoms with Crippen LogP contribution >= 0.6 is 15.9 Å². The number of aryl methyl sites for hydroxylation is 1. The minimum atomic E-state index is -0.230. The Morgan fingerprint density at radius 3 is 2.85 bits per heavy atom. The number of benzene rings is 1. The van der Waals surface area contributed by atoms with Gasteiger partial charge in [-0.15, -0.1) is 0 Å². The van der Waals surface area contributed by atoms with Crippen LogP contribution < -0.4 is 5.32 Å². The molecule has 1 aromatic carbocycles. The molecule has 1 atom stereocenters. The third-order valence-electron chi connectivity index (χ3n) is 3.29. The van der Waals surface area contributed by atoms with E-state index >= 15 is 0 Å². The Labute approximate surface area is 127 Å². The van der Waals surface area contributed by atoms with Gasteiger partial charge in [-0.2, -0.15) is 0 Å². The lowest BCUT2D eigenvalue weighted by molar-refractivity contribution is 0.537. The summed E-state index contributed by atoms with van der Waals surface area (Å²) in [5, 5.41) is 3.24. The summed E-state index contributed by atoms with van der Waals surface area (Å²) in [6.45, 7) is 3.10. The van der Waals surface area contributed by atoms with Crippen molar-refractivity contribution >= 4 is 15.9 Å². The van der Waals surface area contributed by atoms with Gasteiger partial charge in [0.15, 0.2) is 0 Å². The van der Waals surface area contributed by atoms with Crippen molar-refractivity contribution in [1.29, 1.82) is 0 Å². The van der Waals surface area contributed by atoms with Crippen molar-refractivity contribution in [2.45, 2.75) is 32.4 Å². The highest BCUT2D eigenvalue weighted by Gasteiger charge is 2.15. The highest BCUT2D eigenvalue weighted by Crippen LogP contribution is 2.23. The Hall–Kier alpha value is -1.20. The minimum Gasteiger partial charge on any atom is -0.335 e. The first-order chi connectivity index (χ1) is 9.63. The predicted octanol–water partition coefficient (Wildman–Crippen LogP) is 3.70. The molecule has 0 radical (unpaired) electrons. The van der Waals surface area contributed by atoms with Crippen LogP contribution in [0.4, 0.5) is 4.39 Å². The Kier molecular flexibility index (Phi) is 5.31. The van der Waals surface area contributed by atoms with Gasteiger partial charge in [0, 0.05) is 35.9 Å². The van der Waals surface area contributed by atoms with E-state index in [1.807, 2.05) is 25.5 Å². The molecular formula is C15H19BrFN3. The van der Waals surface area contributed by atoms with Crippen LogP contribution in [0.5, 0.6) is 0 Å². The maximum atomic E-state index is 13.5. The Morgan fingerprint density at radius 1 is 1.40 bits per heavy atom. The number of aromatic nitrogens is 2. The molecule has 1 aromatic heterocycles. The quantitative estimate of drug-likeness (QED) is 0.869. The summed E-state index contributed by atoms with van der Waals surface area (Å²) in [7, 11) is 1.89. The monoisotopic (exact) mass is 339 g/mol. The zero-order valence-corrected chi connectivity index (χ0v) is 13.3. The lowest BCUT2D eigenvalue weighted by Gasteiger charge is -2.17. The van der Waals surface area contributed by atoms with Crippen LogP contribution in [-0.4, -0.2) is 16.6 Å². The summed E-state index contributed by atoms with van der Waals surface area (Å²) in [6, 6.07) is 5.02. The molecule has 0 saturated heterocycles. The van der Waals surface area contributed by atoms with Gasteiger partial charge in [-0.05, 0) is 37.2 Å². The number of likely N-dealkylation sites (N-methyl/N-ethyl adjacent to an activating group) is 1. The molecule has 0 aliphatic heterocycles. The van der Waals surface area contributed by atoms with Crippen LogP contribution in [-0.2, 0) is 13.0 Å². The molecule has 0 saturated carbocycles. The molecule has 1 N–H and O–H groups in total. The van der Waals surface area contributed by atoms with Gasteiger partial charge in [0.2, 0.25) is 0 Å². The molecule has 0 aliphatic carbocycles. The summed E-state index contributed by atoms with van der Waals surface area (Å²) < 4.78 is 16.4. The number of nitrogens with one attached hydrogen (secondary N) is 1. The van der Waals surface area contributed by atoms with E-state index in [-0.39, 0.29) is 11.9 Å². The van der Waals surface area contributed by atoms with E-state index in [9.17, 15) is 4.39 Å². The molecule has 0 fully saturated rings. The van der Waals surface area contributed by atoms with E-state index in [0.717, 1.165) is 35.2 Å². The van der Waals surface area contributed by atoms with Crippen LogP contribution in [0, 0.1) is 5.82 Å². The number of imidazole rings is 1. The first-order valence-electron chi connectivity index (χ1n) is 6.77. The molecule has 1 heterocycles. The summed E-state index contributed by atoms with van der Waals surface area (Å²) >= 11 is 3.34. The van der Waals surface area contributed by atoms with Crippen molar-refractivity contribution in [3.8, 4) is 0 Å². The van der Waals surface area contributed by atoms with Gasteiger partial charge in [-0.3, -0.25) is 0 Å². The fourth-order valence-corrected chi connectivity index (χ4v) is 2.80. The molecule has 0 bridgehead atoms. The third kappa shape index (κ3) is 3.67. The van der Waals surface area contributed by atoms with Gasteiger partial charge in [0.25, 0.3) is 0 Å². The number of nitrogens with zero attached hydrogens (tertiary/aromatic N) is 2. The van der Waals surface area contributed by atoms with Crippen molar-refractivity contribution in [1.82, 2.24) is 14.9 Å². The van der Waals surface area contributed by atoms with E-state index in [4.69, 9.17) is 0 Å². The second-order valence-corrected chi connectivity index (χ2v) is 5.70. The SMILES string of the molecule is CCCn1ccnc1CC(NC)c1cc(F)cc(Br)c1. The maximum Gasteiger partial charge on any atom is 0.124 e. The summed E-state index contributed by atoms with van der Waals surface area (Å²) in [4.78, 5) is 4.41. The Morgan fingerprint density at radius 2 is 2.20 bits per heavy atom. The first kappa shape index (κ1) is 15.2. The molecule has 0 amide bonds. The van der Waals surface area contributed by atoms with Crippen LogP contribution in [0.2, 0.25) is 0 Å². The van der Waals surface area contributed by atoms with Crippen LogP contribution in [0.15, 0.2) is 35.1 Å². The van der Waals surface area contributed by atoms with Crippen molar-refractivity contribution < 1.29 is 4.39 Å². The van der Waals surface area contributed by atoms with Crippen molar-refractivity contribution in [2.75, 3.05) is 7.05 Å². The van der Waals surface area contributed by atoms with Crippen molar-refractivity contribution in [2.24, 2.45) is 0 Å². The molecule has 0 aliphatic rings. The van der Waals surface area contributed by atoms with E-state index in [0.29, 0.717) is 0 Å². The summed E-state index contributed by atoms with van der Waals surface area (Å²) in [5.74, 6) is 0.790. The molecule has 3 nitrogen and oxygen atoms in total. The second-order valence-electron chi connectivity index (χ2n) is 4.79. The Balaban J connectivity index is 2.22. The van der Waals surface area contributed by atoms with Gasteiger partial charge in [-0.25, -0.2) is 9.37 Å². The first-order valence-corrected chi connectivity index (χ1v) is 7.56. The molecule has 5 heteroatoms. The van der Waals surface area contributed by atoms with Crippen LogP contribution in [0.1, 0.15) is 30.8 Å². The molecule has 2 aromatic rings. The summed E-state index contributed by atoms with van der Waals surface area (Å²) in [5.41, 5.74) is 0.922. The minimum absolute atomic E-state index is 0.0417. The lowest BCUT2D eigenvalue weighted by Crippen LogP contribution is -2.21. The van der Waals surface area contributed by atoms with Crippen molar-refractivity contribution in [3.63, 3.8) is 0 Å². The zero-order valence-electron chi connectivity index (χ0n) is 11.7. The van der Waals surface area contributed by atoms with E-state index in [1.165, 1.54) is 6.07 Å². The fraction of sp³-hybridized carbons (Fsp3) is 0.400. The fourth-order valence-electron chi connectivity index (χ4n) is 2.32. The molecule has 20 heavy (non-hydrogen) atoms. The topological polar surface area (TPSA) is 29.9 Å². The molecular weight excluding hydrogens is 321 g/mol. The van der Waals surface area contributed by atoms with E-state index in [1.54, 1.807) is 6.07 Å². The molecule has 1 unspecified atom stereocenters. The average Bonchev–Trinajstić information content (AvgIpc) is 2.82. The Bertz CT molecular complexity index is 548. The van der Waals surface area contributed by atoms with Gasteiger partial charge in [-0.1, -0.05) is 22.9 Å². The van der Waals surface area contributed by atoms with E-state index < -0.39 is 0 Å². The number of halogens is 2. The summed E-state index contributed by atoms with van der Waals surface area (Å²) in [6.07, 6.45) is 5.62. The van der Waals surface area contributed by atoms with Gasteiger partial charge in [0.05, 0.1) is 0 Å². The van der Waals surface area contributed by atoms with E-state index in [2.05, 4.69) is 37.7 Å². The van der Waals surface area contributed by atoms with Crippen LogP contribution in [0.3, 0.4) is 0 Å². The molecule has 2 rings (SSSR count). The standard InChI is InChI=1S/C15H19BrFN3/c1-3-5-20-6-4-19-15(20)10-14(18-2)11-7-12(16)9-13(17)8-11/h4,6-9,14,18H,3,5,10H2,1-2H3. The van der Waals surface area contributed by atoms with Crippen LogP contribution in [0.25, 0.3) is 0 Å². The third-order valence-corrected chi connectivity index (χ3v) is 3.75. The lowest BCUT2D eigenvalue weighted by atomic mass is 10.0. The highest BCUT2D eigenvalue weighted by molar-refractivity contribution is 9.10. The molecule has 0 spiro atoms. The number of hydrogen-bond donors (Lipinski definition) is 1. The number of hydrogen-bond acceptors (Lipinski definition) is 2. The predicted molar refractivity (Wildman–Crippen MR) is 82.1 cm³/mol. The largest absolute Gasteiger partial charge is 0.335 e. The average molecular weight is 340 g/mol. The van der Waals surface area contributed by atoms with Gasteiger partial charge < -0.3 is 9.88 Å². The van der Waals surface area contributed by atoms with Gasteiger partial charge in [0.1, 0.15) is 11.6 Å². The van der Waals surface area contributed by atoms with Gasteiger partial charge >= 0.3 is 0 Å². The molecule has 108 valence electrons.